The molecule has 2 aliphatic carbocycles. The fraction of sp³-hybridized carbons (Fsp3) is 0.944. The zero-order valence-corrected chi connectivity index (χ0v) is 13.3. The van der Waals surface area contributed by atoms with Gasteiger partial charge in [0.05, 0.1) is 6.04 Å². The summed E-state index contributed by atoms with van der Waals surface area (Å²) < 4.78 is 0. The van der Waals surface area contributed by atoms with Gasteiger partial charge in [-0.25, -0.2) is 0 Å². The zero-order valence-electron chi connectivity index (χ0n) is 13.3. The third kappa shape index (κ3) is 2.52. The van der Waals surface area contributed by atoms with E-state index in [0.29, 0.717) is 17.2 Å². The monoisotopic (exact) mass is 290 g/mol. The molecule has 4 fully saturated rings. The van der Waals surface area contributed by atoms with Crippen LogP contribution in [-0.2, 0) is 4.79 Å². The first-order valence-corrected chi connectivity index (χ1v) is 9.30. The van der Waals surface area contributed by atoms with Gasteiger partial charge in [0, 0.05) is 13.1 Å². The Morgan fingerprint density at radius 3 is 2.48 bits per heavy atom. The minimum Gasteiger partial charge on any atom is -0.341 e. The van der Waals surface area contributed by atoms with E-state index in [9.17, 15) is 4.79 Å². The van der Waals surface area contributed by atoms with Crippen LogP contribution in [0.3, 0.4) is 0 Å². The van der Waals surface area contributed by atoms with Gasteiger partial charge in [0.1, 0.15) is 0 Å². The number of rotatable bonds is 1. The smallest absolute Gasteiger partial charge is 0.240 e. The fourth-order valence-corrected chi connectivity index (χ4v) is 5.66. The molecule has 3 unspecified atom stereocenters. The number of fused-ring (bicyclic) bond motifs is 1. The molecule has 0 aromatic carbocycles. The van der Waals surface area contributed by atoms with Crippen LogP contribution in [0.4, 0.5) is 0 Å². The SMILES string of the molecule is O=C(C1NCC2CCCC21)N1CCC2(CCCCC2)CC1. The second-order valence-electron chi connectivity index (χ2n) is 8.13. The van der Waals surface area contributed by atoms with Gasteiger partial charge in [-0.15, -0.1) is 0 Å². The van der Waals surface area contributed by atoms with Crippen LogP contribution >= 0.6 is 0 Å². The topological polar surface area (TPSA) is 32.3 Å². The maximum absolute atomic E-state index is 12.9. The van der Waals surface area contributed by atoms with E-state index in [4.69, 9.17) is 0 Å². The Kier molecular flexibility index (Phi) is 3.72. The summed E-state index contributed by atoms with van der Waals surface area (Å²) in [6, 6.07) is 0.151. The molecule has 21 heavy (non-hydrogen) atoms. The van der Waals surface area contributed by atoms with E-state index in [2.05, 4.69) is 10.2 Å². The average molecular weight is 290 g/mol. The summed E-state index contributed by atoms with van der Waals surface area (Å²) in [6.07, 6.45) is 13.6. The molecule has 3 heteroatoms. The van der Waals surface area contributed by atoms with Crippen molar-refractivity contribution in [1.82, 2.24) is 10.2 Å². The average Bonchev–Trinajstić information content (AvgIpc) is 3.11. The highest BCUT2D eigenvalue weighted by atomic mass is 16.2. The highest BCUT2D eigenvalue weighted by Crippen LogP contribution is 2.45. The first kappa shape index (κ1) is 14.0. The molecule has 0 aromatic heterocycles. The maximum atomic E-state index is 12.9. The van der Waals surface area contributed by atoms with Crippen LogP contribution in [0, 0.1) is 17.3 Å². The molecule has 0 aromatic rings. The van der Waals surface area contributed by atoms with E-state index in [1.807, 2.05) is 0 Å². The number of hydrogen-bond donors (Lipinski definition) is 1. The Morgan fingerprint density at radius 2 is 1.71 bits per heavy atom. The molecule has 1 spiro atoms. The van der Waals surface area contributed by atoms with Crippen LogP contribution in [0.1, 0.15) is 64.2 Å². The van der Waals surface area contributed by atoms with Crippen molar-refractivity contribution in [2.24, 2.45) is 17.3 Å². The summed E-state index contributed by atoms with van der Waals surface area (Å²) in [4.78, 5) is 15.1. The number of carbonyl (C=O) groups is 1. The Morgan fingerprint density at radius 1 is 0.952 bits per heavy atom. The van der Waals surface area contributed by atoms with Gasteiger partial charge in [0.15, 0.2) is 0 Å². The summed E-state index contributed by atoms with van der Waals surface area (Å²) in [7, 11) is 0. The summed E-state index contributed by atoms with van der Waals surface area (Å²) in [5.41, 5.74) is 0.605. The molecule has 118 valence electrons. The number of nitrogens with zero attached hydrogens (tertiary/aromatic N) is 1. The minimum absolute atomic E-state index is 0.151. The van der Waals surface area contributed by atoms with Crippen molar-refractivity contribution in [2.45, 2.75) is 70.3 Å². The molecule has 3 nitrogen and oxygen atoms in total. The molecule has 0 bridgehead atoms. The Balaban J connectivity index is 1.36. The van der Waals surface area contributed by atoms with Crippen LogP contribution in [-0.4, -0.2) is 36.5 Å². The fourth-order valence-electron chi connectivity index (χ4n) is 5.66. The van der Waals surface area contributed by atoms with Crippen molar-refractivity contribution >= 4 is 5.91 Å². The standard InChI is InChI=1S/C18H30N2O/c21-17(16-15-6-4-5-14(15)13-19-16)20-11-9-18(10-12-20)7-2-1-3-8-18/h14-16,19H,1-13H2. The molecule has 4 aliphatic rings. The van der Waals surface area contributed by atoms with Crippen molar-refractivity contribution in [2.75, 3.05) is 19.6 Å². The van der Waals surface area contributed by atoms with Crippen molar-refractivity contribution in [1.29, 1.82) is 0 Å². The van der Waals surface area contributed by atoms with Crippen LogP contribution in [0.15, 0.2) is 0 Å². The van der Waals surface area contributed by atoms with Crippen molar-refractivity contribution in [3.63, 3.8) is 0 Å². The van der Waals surface area contributed by atoms with Gasteiger partial charge < -0.3 is 10.2 Å². The molecule has 2 saturated carbocycles. The molecule has 2 saturated heterocycles. The van der Waals surface area contributed by atoms with E-state index in [0.717, 1.165) is 25.6 Å². The Bertz CT molecular complexity index is 392. The summed E-state index contributed by atoms with van der Waals surface area (Å²) in [6.45, 7) is 3.13. The van der Waals surface area contributed by atoms with E-state index in [-0.39, 0.29) is 6.04 Å². The first-order valence-electron chi connectivity index (χ1n) is 9.30. The number of amides is 1. The van der Waals surface area contributed by atoms with Crippen molar-refractivity contribution in [3.05, 3.63) is 0 Å². The largest absolute Gasteiger partial charge is 0.341 e. The summed E-state index contributed by atoms with van der Waals surface area (Å²) in [5, 5.41) is 3.54. The third-order valence-corrected chi connectivity index (χ3v) is 7.06. The summed E-state index contributed by atoms with van der Waals surface area (Å²) in [5.74, 6) is 1.85. The zero-order chi connectivity index (χ0) is 14.3. The quantitative estimate of drug-likeness (QED) is 0.805. The van der Waals surface area contributed by atoms with E-state index in [1.165, 1.54) is 64.2 Å². The van der Waals surface area contributed by atoms with Gasteiger partial charge in [-0.3, -0.25) is 4.79 Å². The second kappa shape index (κ2) is 5.57. The van der Waals surface area contributed by atoms with E-state index in [1.54, 1.807) is 0 Å². The lowest BCUT2D eigenvalue weighted by molar-refractivity contribution is -0.136. The first-order chi connectivity index (χ1) is 10.3. The molecule has 3 atom stereocenters. The number of carbonyl (C=O) groups excluding carboxylic acids is 1. The van der Waals surface area contributed by atoms with Crippen molar-refractivity contribution in [3.8, 4) is 0 Å². The molecule has 1 amide bonds. The second-order valence-corrected chi connectivity index (χ2v) is 8.13. The highest BCUT2D eigenvalue weighted by molar-refractivity contribution is 5.82. The predicted octanol–water partition coefficient (Wildman–Crippen LogP) is 2.95. The van der Waals surface area contributed by atoms with Gasteiger partial charge in [0.2, 0.25) is 5.91 Å². The lowest BCUT2D eigenvalue weighted by atomic mass is 9.68. The number of likely N-dealkylation sites (tertiary alicyclic amines) is 1. The normalized spacial score (nSPS) is 38.7. The maximum Gasteiger partial charge on any atom is 0.240 e. The Labute approximate surface area is 128 Å². The van der Waals surface area contributed by atoms with Crippen LogP contribution in [0.5, 0.6) is 0 Å². The van der Waals surface area contributed by atoms with Crippen LogP contribution in [0.2, 0.25) is 0 Å². The molecule has 2 heterocycles. The van der Waals surface area contributed by atoms with Gasteiger partial charge in [-0.1, -0.05) is 25.7 Å². The molecular formula is C18H30N2O. The molecule has 4 rings (SSSR count). The van der Waals surface area contributed by atoms with Gasteiger partial charge in [0.25, 0.3) is 0 Å². The molecule has 0 radical (unpaired) electrons. The minimum atomic E-state index is 0.151. The van der Waals surface area contributed by atoms with Gasteiger partial charge in [-0.2, -0.15) is 0 Å². The van der Waals surface area contributed by atoms with Gasteiger partial charge >= 0.3 is 0 Å². The number of piperidine rings is 1. The highest BCUT2D eigenvalue weighted by Gasteiger charge is 2.45. The van der Waals surface area contributed by atoms with E-state index < -0.39 is 0 Å². The van der Waals surface area contributed by atoms with Crippen LogP contribution < -0.4 is 5.32 Å². The lowest BCUT2D eigenvalue weighted by Crippen LogP contribution is -2.51. The third-order valence-electron chi connectivity index (χ3n) is 7.06. The molecule has 1 N–H and O–H groups in total. The predicted molar refractivity (Wildman–Crippen MR) is 84.0 cm³/mol. The summed E-state index contributed by atoms with van der Waals surface area (Å²) >= 11 is 0. The Hall–Kier alpha value is -0.570. The van der Waals surface area contributed by atoms with E-state index >= 15 is 0 Å². The number of nitrogens with one attached hydrogen (secondary N) is 1. The molecule has 2 aliphatic heterocycles. The van der Waals surface area contributed by atoms with Crippen LogP contribution in [0.25, 0.3) is 0 Å². The lowest BCUT2D eigenvalue weighted by Gasteiger charge is -2.45. The number of hydrogen-bond acceptors (Lipinski definition) is 2. The molecular weight excluding hydrogens is 260 g/mol. The van der Waals surface area contributed by atoms with Gasteiger partial charge in [-0.05, 0) is 62.3 Å². The van der Waals surface area contributed by atoms with Crippen molar-refractivity contribution < 1.29 is 4.79 Å².